The Morgan fingerprint density at radius 1 is 1.00 bits per heavy atom. The number of carbonyl (C=O) groups excluding carboxylic acids is 3. The molecule has 0 aliphatic heterocycles. The molecule has 0 unspecified atom stereocenters. The van der Waals surface area contributed by atoms with Crippen LogP contribution in [-0.4, -0.2) is 55.0 Å². The third-order valence-corrected chi connectivity index (χ3v) is 2.09. The zero-order valence-electron chi connectivity index (χ0n) is 13.2. The van der Waals surface area contributed by atoms with Gasteiger partial charge in [-0.2, -0.15) is 0 Å². The average molecular weight is 319 g/mol. The summed E-state index contributed by atoms with van der Waals surface area (Å²) in [5.74, 6) is -0.808. The van der Waals surface area contributed by atoms with Crippen LogP contribution in [0.5, 0.6) is 0 Å². The minimum Gasteiger partial charge on any atom is -0.443 e. The summed E-state index contributed by atoms with van der Waals surface area (Å²) >= 11 is 0. The second kappa shape index (κ2) is 10.8. The van der Waals surface area contributed by atoms with Crippen molar-refractivity contribution in [2.75, 3.05) is 26.4 Å². The maximum absolute atomic E-state index is 11.4. The van der Waals surface area contributed by atoms with Crippen molar-refractivity contribution in [1.29, 1.82) is 0 Å². The lowest BCUT2D eigenvalue weighted by atomic mass is 10.2. The second-order valence-corrected chi connectivity index (χ2v) is 5.36. The molecular formula is C13H25N3O6. The van der Waals surface area contributed by atoms with Gasteiger partial charge < -0.3 is 19.9 Å². The van der Waals surface area contributed by atoms with Crippen molar-refractivity contribution in [3.05, 3.63) is 0 Å². The minimum absolute atomic E-state index is 0.0121. The van der Waals surface area contributed by atoms with Crippen molar-refractivity contribution >= 4 is 17.9 Å². The van der Waals surface area contributed by atoms with Gasteiger partial charge >= 0.3 is 6.09 Å². The van der Waals surface area contributed by atoms with Crippen LogP contribution in [0.4, 0.5) is 4.79 Å². The third kappa shape index (κ3) is 13.1. The van der Waals surface area contributed by atoms with Crippen molar-refractivity contribution in [2.24, 2.45) is 0 Å². The molecular weight excluding hydrogens is 294 g/mol. The van der Waals surface area contributed by atoms with Crippen LogP contribution in [0.1, 0.15) is 33.6 Å². The van der Waals surface area contributed by atoms with Crippen LogP contribution >= 0.6 is 0 Å². The van der Waals surface area contributed by atoms with Crippen LogP contribution < -0.4 is 16.2 Å². The van der Waals surface area contributed by atoms with Gasteiger partial charge in [-0.25, -0.2) is 10.2 Å². The monoisotopic (exact) mass is 319 g/mol. The summed E-state index contributed by atoms with van der Waals surface area (Å²) in [5.41, 5.74) is 3.58. The highest BCUT2D eigenvalue weighted by atomic mass is 16.6. The standard InChI is InChI=1S/C13H25N3O6/c1-13(2,3)22-12(20)16-15-11(19)5-4-10(18)14-6-8-21-9-7-17/h17H,4-9H2,1-3H3,(H,14,18)(H,15,19)(H,16,20). The summed E-state index contributed by atoms with van der Waals surface area (Å²) in [6.07, 6.45) is -0.854. The summed E-state index contributed by atoms with van der Waals surface area (Å²) in [4.78, 5) is 34.1. The molecule has 0 spiro atoms. The quantitative estimate of drug-likeness (QED) is 0.351. The highest BCUT2D eigenvalue weighted by Gasteiger charge is 2.16. The number of aliphatic hydroxyl groups is 1. The van der Waals surface area contributed by atoms with Gasteiger partial charge in [-0.05, 0) is 20.8 Å². The second-order valence-electron chi connectivity index (χ2n) is 5.36. The van der Waals surface area contributed by atoms with Crippen molar-refractivity contribution in [1.82, 2.24) is 16.2 Å². The van der Waals surface area contributed by atoms with Gasteiger partial charge in [-0.15, -0.1) is 0 Å². The molecule has 0 fully saturated rings. The van der Waals surface area contributed by atoms with Gasteiger partial charge in [-0.3, -0.25) is 15.0 Å². The molecule has 0 heterocycles. The molecule has 0 radical (unpaired) electrons. The van der Waals surface area contributed by atoms with Gasteiger partial charge in [-0.1, -0.05) is 0 Å². The van der Waals surface area contributed by atoms with Crippen molar-refractivity contribution in [3.8, 4) is 0 Å². The Kier molecular flexibility index (Phi) is 9.88. The maximum Gasteiger partial charge on any atom is 0.426 e. The Balaban J connectivity index is 3.68. The SMILES string of the molecule is CC(C)(C)OC(=O)NNC(=O)CCC(=O)NCCOCCO. The molecule has 9 nitrogen and oxygen atoms in total. The van der Waals surface area contributed by atoms with E-state index in [0.717, 1.165) is 0 Å². The van der Waals surface area contributed by atoms with Gasteiger partial charge in [0.05, 0.1) is 19.8 Å². The predicted octanol–water partition coefficient (Wildman–Crippen LogP) is -0.552. The number of rotatable bonds is 8. The first-order valence-electron chi connectivity index (χ1n) is 6.97. The lowest BCUT2D eigenvalue weighted by Gasteiger charge is -2.19. The minimum atomic E-state index is -0.772. The highest BCUT2D eigenvalue weighted by Crippen LogP contribution is 2.05. The lowest BCUT2D eigenvalue weighted by molar-refractivity contribution is -0.127. The van der Waals surface area contributed by atoms with E-state index in [9.17, 15) is 14.4 Å². The van der Waals surface area contributed by atoms with Gasteiger partial charge in [0.2, 0.25) is 11.8 Å². The fraction of sp³-hybridized carbons (Fsp3) is 0.769. The molecule has 0 saturated carbocycles. The first-order chi connectivity index (χ1) is 10.2. The molecule has 0 aliphatic carbocycles. The van der Waals surface area contributed by atoms with Crippen molar-refractivity contribution in [3.63, 3.8) is 0 Å². The number of aliphatic hydroxyl groups excluding tert-OH is 1. The molecule has 0 aromatic carbocycles. The van der Waals surface area contributed by atoms with E-state index in [2.05, 4.69) is 16.2 Å². The van der Waals surface area contributed by atoms with Crippen LogP contribution in [0.15, 0.2) is 0 Å². The fourth-order valence-electron chi connectivity index (χ4n) is 1.23. The van der Waals surface area contributed by atoms with Gasteiger partial charge in [0.25, 0.3) is 0 Å². The molecule has 0 bridgehead atoms. The van der Waals surface area contributed by atoms with E-state index in [1.54, 1.807) is 20.8 Å². The Morgan fingerprint density at radius 2 is 1.64 bits per heavy atom. The number of hydrazine groups is 1. The molecule has 128 valence electrons. The number of hydrogen-bond donors (Lipinski definition) is 4. The summed E-state index contributed by atoms with van der Waals surface area (Å²) in [7, 11) is 0. The van der Waals surface area contributed by atoms with Crippen LogP contribution in [0.25, 0.3) is 0 Å². The summed E-state index contributed by atoms with van der Waals surface area (Å²) in [6.45, 7) is 5.83. The summed E-state index contributed by atoms with van der Waals surface area (Å²) in [6, 6.07) is 0. The van der Waals surface area contributed by atoms with E-state index < -0.39 is 17.6 Å². The molecule has 0 aliphatic rings. The van der Waals surface area contributed by atoms with Crippen LogP contribution in [0, 0.1) is 0 Å². The van der Waals surface area contributed by atoms with E-state index in [4.69, 9.17) is 14.6 Å². The Morgan fingerprint density at radius 3 is 2.23 bits per heavy atom. The molecule has 4 N–H and O–H groups in total. The fourth-order valence-corrected chi connectivity index (χ4v) is 1.23. The lowest BCUT2D eigenvalue weighted by Crippen LogP contribution is -2.44. The van der Waals surface area contributed by atoms with Gasteiger partial charge in [0.1, 0.15) is 5.60 Å². The van der Waals surface area contributed by atoms with E-state index in [-0.39, 0.29) is 32.0 Å². The van der Waals surface area contributed by atoms with E-state index in [1.165, 1.54) is 0 Å². The van der Waals surface area contributed by atoms with Gasteiger partial charge in [0.15, 0.2) is 0 Å². The first-order valence-corrected chi connectivity index (χ1v) is 6.97. The zero-order valence-corrected chi connectivity index (χ0v) is 13.2. The number of ether oxygens (including phenoxy) is 2. The molecule has 0 atom stereocenters. The maximum atomic E-state index is 11.4. The molecule has 0 aromatic rings. The first kappa shape index (κ1) is 20.1. The molecule has 0 rings (SSSR count). The highest BCUT2D eigenvalue weighted by molar-refractivity contribution is 5.84. The van der Waals surface area contributed by atoms with Gasteiger partial charge in [0, 0.05) is 19.4 Å². The average Bonchev–Trinajstić information content (AvgIpc) is 2.41. The van der Waals surface area contributed by atoms with Crippen LogP contribution in [-0.2, 0) is 19.1 Å². The number of nitrogens with one attached hydrogen (secondary N) is 3. The predicted molar refractivity (Wildman–Crippen MR) is 77.7 cm³/mol. The Labute approximate surface area is 129 Å². The normalized spacial score (nSPS) is 10.7. The molecule has 9 heteroatoms. The van der Waals surface area contributed by atoms with E-state index in [1.807, 2.05) is 0 Å². The van der Waals surface area contributed by atoms with E-state index >= 15 is 0 Å². The van der Waals surface area contributed by atoms with Crippen LogP contribution in [0.2, 0.25) is 0 Å². The summed E-state index contributed by atoms with van der Waals surface area (Å²) in [5, 5.41) is 11.0. The number of carbonyl (C=O) groups is 3. The van der Waals surface area contributed by atoms with E-state index in [0.29, 0.717) is 13.2 Å². The summed E-state index contributed by atoms with van der Waals surface area (Å²) < 4.78 is 9.88. The molecule has 3 amide bonds. The molecule has 22 heavy (non-hydrogen) atoms. The van der Waals surface area contributed by atoms with Crippen molar-refractivity contribution < 1.29 is 29.0 Å². The largest absolute Gasteiger partial charge is 0.443 e. The van der Waals surface area contributed by atoms with Crippen LogP contribution in [0.3, 0.4) is 0 Å². The zero-order chi connectivity index (χ0) is 17.0. The topological polar surface area (TPSA) is 126 Å². The number of amides is 3. The Bertz CT molecular complexity index is 367. The number of hydrogen-bond acceptors (Lipinski definition) is 6. The third-order valence-electron chi connectivity index (χ3n) is 2.09. The molecule has 0 saturated heterocycles. The smallest absolute Gasteiger partial charge is 0.426 e. The Hall–Kier alpha value is -1.87. The van der Waals surface area contributed by atoms with Crippen molar-refractivity contribution in [2.45, 2.75) is 39.2 Å². The molecule has 0 aromatic heterocycles.